The zero-order valence-electron chi connectivity index (χ0n) is 18.3. The number of carbonyl (C=O) groups excluding carboxylic acids is 1. The molecule has 2 aromatic carbocycles. The molecule has 1 saturated heterocycles. The predicted molar refractivity (Wildman–Crippen MR) is 133 cm³/mol. The second kappa shape index (κ2) is 7.45. The number of rotatable bonds is 4. The number of aromatic hydroxyl groups is 1. The van der Waals surface area contributed by atoms with Crippen LogP contribution in [0, 0.1) is 3.57 Å². The number of piperidine rings is 1. The van der Waals surface area contributed by atoms with Crippen LogP contribution in [0.3, 0.4) is 0 Å². The number of amides is 1. The van der Waals surface area contributed by atoms with Crippen molar-refractivity contribution in [3.05, 3.63) is 69.3 Å². The maximum Gasteiger partial charge on any atom is 0.252 e. The standard InChI is InChI=1S/C26H27IN2O4/c1-2-12-29-13-11-25-21-15-7-8-19(30)22(21)33-23(25)18(9-10-26(25,32)20(29)14-15)28-24(31)16-5-3-4-6-17(16)27/h2-8,18,20,23,30,32H,1,9-14H2,(H,28,31)/t18?,20-,23?,25+,26-/m1/s1. The number of halogens is 1. The largest absolute Gasteiger partial charge is 0.504 e. The van der Waals surface area contributed by atoms with Crippen molar-refractivity contribution in [1.29, 1.82) is 0 Å². The van der Waals surface area contributed by atoms with Crippen LogP contribution in [0.4, 0.5) is 0 Å². The van der Waals surface area contributed by atoms with Gasteiger partial charge in [-0.3, -0.25) is 9.69 Å². The van der Waals surface area contributed by atoms with E-state index in [2.05, 4.69) is 39.4 Å². The van der Waals surface area contributed by atoms with Gasteiger partial charge >= 0.3 is 0 Å². The van der Waals surface area contributed by atoms with Crippen LogP contribution in [0.15, 0.2) is 49.1 Å². The van der Waals surface area contributed by atoms with Gasteiger partial charge in [0, 0.05) is 21.7 Å². The fourth-order valence-corrected chi connectivity index (χ4v) is 7.69. The minimum Gasteiger partial charge on any atom is -0.504 e. The van der Waals surface area contributed by atoms with E-state index in [0.29, 0.717) is 37.0 Å². The Labute approximate surface area is 206 Å². The van der Waals surface area contributed by atoms with E-state index in [1.807, 2.05) is 36.4 Å². The van der Waals surface area contributed by atoms with Crippen molar-refractivity contribution in [1.82, 2.24) is 10.2 Å². The summed E-state index contributed by atoms with van der Waals surface area (Å²) in [6.45, 7) is 5.45. The van der Waals surface area contributed by atoms with Crippen LogP contribution in [0.1, 0.15) is 40.7 Å². The zero-order valence-corrected chi connectivity index (χ0v) is 20.4. The Balaban J connectivity index is 1.44. The number of phenolic OH excluding ortho intramolecular Hbond substituents is 1. The number of nitrogens with one attached hydrogen (secondary N) is 1. The fraction of sp³-hybridized carbons (Fsp3) is 0.423. The molecule has 33 heavy (non-hydrogen) atoms. The number of likely N-dealkylation sites (tertiary alicyclic amines) is 1. The highest BCUT2D eigenvalue weighted by Crippen LogP contribution is 2.65. The van der Waals surface area contributed by atoms with Gasteiger partial charge in [0.1, 0.15) is 6.10 Å². The van der Waals surface area contributed by atoms with E-state index in [4.69, 9.17) is 4.74 Å². The zero-order chi connectivity index (χ0) is 23.0. The molecule has 7 heteroatoms. The molecule has 2 heterocycles. The van der Waals surface area contributed by atoms with Crippen LogP contribution < -0.4 is 10.1 Å². The number of ether oxygens (including phenoxy) is 1. The monoisotopic (exact) mass is 558 g/mol. The SMILES string of the molecule is C=CCN1CC[C@]23c4c5ccc(O)c4OC2C(NC(=O)c2ccccc2I)CC[C@@]3(O)[C@H]1C5. The van der Waals surface area contributed by atoms with Gasteiger partial charge in [-0.05, 0) is 78.6 Å². The first-order valence-corrected chi connectivity index (χ1v) is 12.6. The first-order valence-electron chi connectivity index (χ1n) is 11.6. The van der Waals surface area contributed by atoms with E-state index in [9.17, 15) is 15.0 Å². The summed E-state index contributed by atoms with van der Waals surface area (Å²) in [7, 11) is 0. The summed E-state index contributed by atoms with van der Waals surface area (Å²) < 4.78 is 7.38. The van der Waals surface area contributed by atoms with Crippen molar-refractivity contribution < 1.29 is 19.7 Å². The fourth-order valence-electron chi connectivity index (χ4n) is 7.05. The van der Waals surface area contributed by atoms with Gasteiger partial charge in [-0.2, -0.15) is 0 Å². The molecular weight excluding hydrogens is 531 g/mol. The molecule has 3 N–H and O–H groups in total. The van der Waals surface area contributed by atoms with Crippen LogP contribution >= 0.6 is 22.6 Å². The molecule has 6 nitrogen and oxygen atoms in total. The molecule has 6 rings (SSSR count). The molecule has 1 amide bonds. The summed E-state index contributed by atoms with van der Waals surface area (Å²) >= 11 is 2.18. The summed E-state index contributed by atoms with van der Waals surface area (Å²) in [5.74, 6) is 0.462. The summed E-state index contributed by atoms with van der Waals surface area (Å²) in [4.78, 5) is 15.5. The Hall–Kier alpha value is -2.10. The van der Waals surface area contributed by atoms with E-state index in [0.717, 1.165) is 27.8 Å². The van der Waals surface area contributed by atoms with Crippen molar-refractivity contribution >= 4 is 28.5 Å². The van der Waals surface area contributed by atoms with Gasteiger partial charge in [-0.15, -0.1) is 6.58 Å². The van der Waals surface area contributed by atoms with Crippen LogP contribution in [0.2, 0.25) is 0 Å². The first kappa shape index (κ1) is 21.4. The molecule has 172 valence electrons. The van der Waals surface area contributed by atoms with Gasteiger partial charge in [0.15, 0.2) is 11.5 Å². The van der Waals surface area contributed by atoms with Gasteiger partial charge in [0.05, 0.1) is 22.6 Å². The normalized spacial score (nSPS) is 33.7. The molecule has 1 saturated carbocycles. The van der Waals surface area contributed by atoms with Gasteiger partial charge in [0.25, 0.3) is 5.91 Å². The van der Waals surface area contributed by atoms with Crippen LogP contribution in [0.5, 0.6) is 11.5 Å². The lowest BCUT2D eigenvalue weighted by molar-refractivity contribution is -0.188. The molecule has 2 unspecified atom stereocenters. The van der Waals surface area contributed by atoms with Crippen LogP contribution in [-0.4, -0.2) is 57.9 Å². The Bertz CT molecular complexity index is 1170. The van der Waals surface area contributed by atoms with Crippen LogP contribution in [-0.2, 0) is 11.8 Å². The smallest absolute Gasteiger partial charge is 0.252 e. The van der Waals surface area contributed by atoms with Crippen molar-refractivity contribution in [3.8, 4) is 11.5 Å². The van der Waals surface area contributed by atoms with E-state index >= 15 is 0 Å². The Morgan fingerprint density at radius 3 is 2.91 bits per heavy atom. The highest BCUT2D eigenvalue weighted by molar-refractivity contribution is 14.1. The number of nitrogens with zero attached hydrogens (tertiary/aromatic N) is 1. The number of phenols is 1. The van der Waals surface area contributed by atoms with Crippen LogP contribution in [0.25, 0.3) is 0 Å². The molecule has 2 aliphatic carbocycles. The number of benzene rings is 2. The molecule has 0 aromatic heterocycles. The van der Waals surface area contributed by atoms with Crippen molar-refractivity contribution in [2.45, 2.75) is 54.9 Å². The molecule has 2 fully saturated rings. The number of carbonyl (C=O) groups is 1. The topological polar surface area (TPSA) is 82.0 Å². The molecule has 4 aliphatic rings. The summed E-state index contributed by atoms with van der Waals surface area (Å²) in [6.07, 6.45) is 4.06. The molecule has 2 bridgehead atoms. The maximum atomic E-state index is 13.2. The summed E-state index contributed by atoms with van der Waals surface area (Å²) in [5.41, 5.74) is 1.07. The van der Waals surface area contributed by atoms with E-state index in [1.165, 1.54) is 0 Å². The Morgan fingerprint density at radius 2 is 2.12 bits per heavy atom. The third-order valence-corrected chi connectivity index (χ3v) is 9.31. The number of hydrogen-bond donors (Lipinski definition) is 3. The predicted octanol–water partition coefficient (Wildman–Crippen LogP) is 3.14. The first-order chi connectivity index (χ1) is 15.9. The van der Waals surface area contributed by atoms with Gasteiger partial charge in [-0.1, -0.05) is 24.3 Å². The third-order valence-electron chi connectivity index (χ3n) is 8.37. The lowest BCUT2D eigenvalue weighted by atomic mass is 9.48. The maximum absolute atomic E-state index is 13.2. The third kappa shape index (κ3) is 2.76. The molecular formula is C26H27IN2O4. The van der Waals surface area contributed by atoms with Gasteiger partial charge < -0.3 is 20.3 Å². The lowest BCUT2D eigenvalue weighted by Crippen LogP contribution is -2.78. The minimum atomic E-state index is -0.993. The quantitative estimate of drug-likeness (QED) is 0.397. The number of aliphatic hydroxyl groups is 1. The van der Waals surface area contributed by atoms with E-state index in [-0.39, 0.29) is 23.7 Å². The highest BCUT2D eigenvalue weighted by Gasteiger charge is 2.73. The van der Waals surface area contributed by atoms with E-state index in [1.54, 1.807) is 6.07 Å². The summed E-state index contributed by atoms with van der Waals surface area (Å²) in [5, 5.41) is 26.3. The van der Waals surface area contributed by atoms with Gasteiger partial charge in [-0.25, -0.2) is 0 Å². The van der Waals surface area contributed by atoms with Crippen molar-refractivity contribution in [2.24, 2.45) is 0 Å². The molecule has 5 atom stereocenters. The average Bonchev–Trinajstić information content (AvgIpc) is 3.15. The van der Waals surface area contributed by atoms with Crippen molar-refractivity contribution in [3.63, 3.8) is 0 Å². The highest BCUT2D eigenvalue weighted by atomic mass is 127. The molecule has 2 aromatic rings. The second-order valence-electron chi connectivity index (χ2n) is 9.73. The molecule has 2 aliphatic heterocycles. The van der Waals surface area contributed by atoms with Crippen molar-refractivity contribution in [2.75, 3.05) is 13.1 Å². The van der Waals surface area contributed by atoms with Gasteiger partial charge in [0.2, 0.25) is 0 Å². The average molecular weight is 558 g/mol. The second-order valence-corrected chi connectivity index (χ2v) is 10.9. The lowest BCUT2D eigenvalue weighted by Gasteiger charge is -2.64. The summed E-state index contributed by atoms with van der Waals surface area (Å²) in [6, 6.07) is 10.9. The minimum absolute atomic E-state index is 0.0509. The number of hydrogen-bond acceptors (Lipinski definition) is 5. The molecule has 1 spiro atoms. The Morgan fingerprint density at radius 1 is 1.30 bits per heavy atom. The molecule has 0 radical (unpaired) electrons. The van der Waals surface area contributed by atoms with E-state index < -0.39 is 17.1 Å². The Kier molecular flexibility index (Phi) is 4.84.